The van der Waals surface area contributed by atoms with Crippen LogP contribution in [0.3, 0.4) is 0 Å². The maximum atomic E-state index is 12.1. The summed E-state index contributed by atoms with van der Waals surface area (Å²) in [6.45, 7) is 2.25. The fourth-order valence-corrected chi connectivity index (χ4v) is 2.54. The number of thioether (sulfide) groups is 1. The van der Waals surface area contributed by atoms with Crippen LogP contribution < -0.4 is 16.0 Å². The molecular formula is C15H23N3O3S. The Morgan fingerprint density at radius 3 is 2.64 bits per heavy atom. The number of likely N-dealkylation sites (N-methyl/N-ethyl adjacent to an activating group) is 1. The highest BCUT2D eigenvalue weighted by Crippen LogP contribution is 2.22. The smallest absolute Gasteiger partial charge is 0.252 e. The number of hydrogen-bond acceptors (Lipinski definition) is 5. The molecule has 0 unspecified atom stereocenters. The van der Waals surface area contributed by atoms with Gasteiger partial charge in [-0.1, -0.05) is 12.1 Å². The van der Waals surface area contributed by atoms with Gasteiger partial charge in [0.15, 0.2) is 0 Å². The van der Waals surface area contributed by atoms with E-state index in [9.17, 15) is 9.59 Å². The minimum Gasteiger partial charge on any atom is -0.383 e. The van der Waals surface area contributed by atoms with Crippen LogP contribution in [0.5, 0.6) is 0 Å². The second kappa shape index (κ2) is 11.1. The first-order valence-electron chi connectivity index (χ1n) is 7.09. The fraction of sp³-hybridized carbons (Fsp3) is 0.467. The predicted octanol–water partition coefficient (Wildman–Crippen LogP) is 0.490. The van der Waals surface area contributed by atoms with E-state index in [-0.39, 0.29) is 17.6 Å². The standard InChI is InChI=1S/C15H23N3O3S/c1-16-7-8-18-15(20)12-5-3-4-6-13(12)22-11-14(19)17-9-10-21-2/h3-6,16H,7-11H2,1-2H3,(H,17,19)(H,18,20). The molecule has 0 spiro atoms. The summed E-state index contributed by atoms with van der Waals surface area (Å²) in [6, 6.07) is 7.28. The Bertz CT molecular complexity index is 483. The monoisotopic (exact) mass is 325 g/mol. The molecule has 0 bridgehead atoms. The van der Waals surface area contributed by atoms with E-state index >= 15 is 0 Å². The minimum atomic E-state index is -0.127. The van der Waals surface area contributed by atoms with Crippen molar-refractivity contribution in [2.45, 2.75) is 4.90 Å². The molecule has 1 aromatic rings. The molecule has 0 aliphatic rings. The highest BCUT2D eigenvalue weighted by atomic mass is 32.2. The first-order valence-corrected chi connectivity index (χ1v) is 8.08. The molecule has 3 N–H and O–H groups in total. The molecule has 0 radical (unpaired) electrons. The second-order valence-electron chi connectivity index (χ2n) is 4.49. The lowest BCUT2D eigenvalue weighted by Gasteiger charge is -2.10. The normalized spacial score (nSPS) is 10.3. The van der Waals surface area contributed by atoms with Crippen molar-refractivity contribution in [2.24, 2.45) is 0 Å². The van der Waals surface area contributed by atoms with Crippen molar-refractivity contribution in [3.05, 3.63) is 29.8 Å². The third-order valence-electron chi connectivity index (χ3n) is 2.78. The van der Waals surface area contributed by atoms with Gasteiger partial charge in [-0.25, -0.2) is 0 Å². The highest BCUT2D eigenvalue weighted by Gasteiger charge is 2.12. The second-order valence-corrected chi connectivity index (χ2v) is 5.50. The third-order valence-corrected chi connectivity index (χ3v) is 3.85. The van der Waals surface area contributed by atoms with Gasteiger partial charge in [0.2, 0.25) is 5.91 Å². The Labute approximate surface area is 135 Å². The molecule has 0 heterocycles. The lowest BCUT2D eigenvalue weighted by Crippen LogP contribution is -2.31. The number of methoxy groups -OCH3 is 1. The molecule has 0 saturated heterocycles. The van der Waals surface area contributed by atoms with Gasteiger partial charge in [0, 0.05) is 31.6 Å². The van der Waals surface area contributed by atoms with E-state index in [4.69, 9.17) is 4.74 Å². The molecule has 1 rings (SSSR count). The molecule has 0 aliphatic heterocycles. The zero-order valence-corrected chi connectivity index (χ0v) is 13.8. The van der Waals surface area contributed by atoms with Crippen LogP contribution in [0.1, 0.15) is 10.4 Å². The minimum absolute atomic E-state index is 0.0764. The molecule has 0 aromatic heterocycles. The molecular weight excluding hydrogens is 302 g/mol. The molecule has 1 aromatic carbocycles. The van der Waals surface area contributed by atoms with E-state index in [0.29, 0.717) is 31.8 Å². The van der Waals surface area contributed by atoms with Gasteiger partial charge in [-0.3, -0.25) is 9.59 Å². The number of rotatable bonds is 10. The first kappa shape index (κ1) is 18.5. The number of hydrogen-bond donors (Lipinski definition) is 3. The van der Waals surface area contributed by atoms with E-state index in [2.05, 4.69) is 16.0 Å². The van der Waals surface area contributed by atoms with Crippen molar-refractivity contribution < 1.29 is 14.3 Å². The summed E-state index contributed by atoms with van der Waals surface area (Å²) >= 11 is 1.35. The van der Waals surface area contributed by atoms with Crippen molar-refractivity contribution in [3.8, 4) is 0 Å². The van der Waals surface area contributed by atoms with Gasteiger partial charge in [-0.15, -0.1) is 11.8 Å². The third kappa shape index (κ3) is 6.93. The van der Waals surface area contributed by atoms with Crippen LogP contribution in [-0.4, -0.2) is 58.0 Å². The molecule has 7 heteroatoms. The fourth-order valence-electron chi connectivity index (χ4n) is 1.66. The van der Waals surface area contributed by atoms with Crippen LogP contribution in [0, 0.1) is 0 Å². The summed E-state index contributed by atoms with van der Waals surface area (Å²) < 4.78 is 4.87. The molecule has 0 atom stereocenters. The number of ether oxygens (including phenoxy) is 1. The van der Waals surface area contributed by atoms with Gasteiger partial charge in [-0.05, 0) is 19.2 Å². The van der Waals surface area contributed by atoms with Crippen molar-refractivity contribution in [2.75, 3.05) is 46.2 Å². The van der Waals surface area contributed by atoms with Crippen LogP contribution in [0.2, 0.25) is 0 Å². The van der Waals surface area contributed by atoms with Crippen LogP contribution in [0.25, 0.3) is 0 Å². The maximum absolute atomic E-state index is 12.1. The number of nitrogens with one attached hydrogen (secondary N) is 3. The van der Waals surface area contributed by atoms with E-state index in [0.717, 1.165) is 4.90 Å². The van der Waals surface area contributed by atoms with Gasteiger partial charge >= 0.3 is 0 Å². The maximum Gasteiger partial charge on any atom is 0.252 e. The lowest BCUT2D eigenvalue weighted by molar-refractivity contribution is -0.118. The zero-order chi connectivity index (χ0) is 16.2. The van der Waals surface area contributed by atoms with Crippen molar-refractivity contribution >= 4 is 23.6 Å². The Kier molecular flexibility index (Phi) is 9.29. The van der Waals surface area contributed by atoms with Gasteiger partial charge in [-0.2, -0.15) is 0 Å². The van der Waals surface area contributed by atoms with Gasteiger partial charge < -0.3 is 20.7 Å². The van der Waals surface area contributed by atoms with E-state index < -0.39 is 0 Å². The topological polar surface area (TPSA) is 79.5 Å². The lowest BCUT2D eigenvalue weighted by atomic mass is 10.2. The highest BCUT2D eigenvalue weighted by molar-refractivity contribution is 8.00. The summed E-state index contributed by atoms with van der Waals surface area (Å²) in [6.07, 6.45) is 0. The first-order chi connectivity index (χ1) is 10.7. The van der Waals surface area contributed by atoms with Gasteiger partial charge in [0.25, 0.3) is 5.91 Å². The Balaban J connectivity index is 2.52. The van der Waals surface area contributed by atoms with E-state index in [1.807, 2.05) is 25.2 Å². The molecule has 0 aliphatic carbocycles. The van der Waals surface area contributed by atoms with Crippen LogP contribution in [0.4, 0.5) is 0 Å². The number of amides is 2. The summed E-state index contributed by atoms with van der Waals surface area (Å²) in [5.41, 5.74) is 0.591. The van der Waals surface area contributed by atoms with Crippen LogP contribution in [0.15, 0.2) is 29.2 Å². The summed E-state index contributed by atoms with van der Waals surface area (Å²) in [4.78, 5) is 24.6. The molecule has 22 heavy (non-hydrogen) atoms. The van der Waals surface area contributed by atoms with Crippen LogP contribution >= 0.6 is 11.8 Å². The van der Waals surface area contributed by atoms with E-state index in [1.165, 1.54) is 11.8 Å². The molecule has 0 saturated carbocycles. The predicted molar refractivity (Wildman–Crippen MR) is 88.3 cm³/mol. The average Bonchev–Trinajstić information content (AvgIpc) is 2.53. The quantitative estimate of drug-likeness (QED) is 0.431. The summed E-state index contributed by atoms with van der Waals surface area (Å²) in [7, 11) is 3.42. The number of carbonyl (C=O) groups is 2. The summed E-state index contributed by atoms with van der Waals surface area (Å²) in [5.74, 6) is 0.0652. The van der Waals surface area contributed by atoms with Gasteiger partial charge in [0.1, 0.15) is 0 Å². The SMILES string of the molecule is CNCCNC(=O)c1ccccc1SCC(=O)NCCOC. The number of carbonyl (C=O) groups excluding carboxylic acids is 2. The Hall–Kier alpha value is -1.57. The number of benzene rings is 1. The molecule has 122 valence electrons. The van der Waals surface area contributed by atoms with E-state index in [1.54, 1.807) is 13.2 Å². The van der Waals surface area contributed by atoms with Crippen molar-refractivity contribution in [1.82, 2.24) is 16.0 Å². The van der Waals surface area contributed by atoms with Crippen molar-refractivity contribution in [1.29, 1.82) is 0 Å². The summed E-state index contributed by atoms with van der Waals surface area (Å²) in [5, 5.41) is 8.56. The zero-order valence-electron chi connectivity index (χ0n) is 13.0. The molecule has 6 nitrogen and oxygen atoms in total. The Morgan fingerprint density at radius 1 is 1.14 bits per heavy atom. The van der Waals surface area contributed by atoms with Crippen molar-refractivity contribution in [3.63, 3.8) is 0 Å². The largest absolute Gasteiger partial charge is 0.383 e. The Morgan fingerprint density at radius 2 is 1.91 bits per heavy atom. The average molecular weight is 325 g/mol. The van der Waals surface area contributed by atoms with Crippen LogP contribution in [-0.2, 0) is 9.53 Å². The molecule has 2 amide bonds. The molecule has 0 fully saturated rings. The van der Waals surface area contributed by atoms with Gasteiger partial charge in [0.05, 0.1) is 17.9 Å².